The molecule has 16 atom stereocenters. The molecule has 7 saturated carbocycles. The van der Waals surface area contributed by atoms with Gasteiger partial charge < -0.3 is 4.74 Å². The highest BCUT2D eigenvalue weighted by atomic mass is 16.5. The minimum absolute atomic E-state index is 0.0757. The number of carbonyl (C=O) groups excluding carboxylic acids is 1. The Bertz CT molecular complexity index is 857. The molecule has 8 bridgehead atoms. The zero-order valence-electron chi connectivity index (χ0n) is 16.5. The van der Waals surface area contributed by atoms with E-state index in [1.807, 2.05) is 0 Å². The zero-order chi connectivity index (χ0) is 18.5. The molecule has 16 unspecified atom stereocenters. The highest BCUT2D eigenvalue weighted by Crippen LogP contribution is 2.81. The molecule has 0 aromatic carbocycles. The number of carbonyl (C=O) groups is 1. The van der Waals surface area contributed by atoms with Gasteiger partial charge in [0, 0.05) is 0 Å². The molecule has 0 aromatic heterocycles. The van der Waals surface area contributed by atoms with Gasteiger partial charge in [-0.25, -0.2) is 0 Å². The fourth-order valence-corrected chi connectivity index (χ4v) is 12.1. The molecule has 3 nitrogen and oxygen atoms in total. The van der Waals surface area contributed by atoms with Crippen molar-refractivity contribution in [3.63, 3.8) is 0 Å². The number of hydrogen-bond acceptors (Lipinski definition) is 3. The fraction of sp³-hybridized carbons (Fsp3) is 0.840. The maximum atomic E-state index is 12.6. The maximum absolute atomic E-state index is 12.6. The Kier molecular flexibility index (Phi) is 2.61. The second-order valence-corrected chi connectivity index (χ2v) is 11.8. The van der Waals surface area contributed by atoms with Crippen molar-refractivity contribution in [1.82, 2.24) is 0 Å². The van der Waals surface area contributed by atoms with E-state index in [-0.39, 0.29) is 17.8 Å². The van der Waals surface area contributed by atoms with Gasteiger partial charge in [0.1, 0.15) is 0 Å². The van der Waals surface area contributed by atoms with Gasteiger partial charge in [0.15, 0.2) is 0 Å². The van der Waals surface area contributed by atoms with E-state index in [0.717, 1.165) is 77.4 Å². The molecular formula is C25H29NO2. The van der Waals surface area contributed by atoms with Gasteiger partial charge in [-0.2, -0.15) is 5.26 Å². The molecule has 0 aliphatic heterocycles. The van der Waals surface area contributed by atoms with Crippen molar-refractivity contribution in [3.05, 3.63) is 12.2 Å². The predicted molar refractivity (Wildman–Crippen MR) is 101 cm³/mol. The van der Waals surface area contributed by atoms with Gasteiger partial charge in [-0.1, -0.05) is 12.2 Å². The summed E-state index contributed by atoms with van der Waals surface area (Å²) in [5.41, 5.74) is 0. The average molecular weight is 376 g/mol. The average Bonchev–Trinajstić information content (AvgIpc) is 3.54. The normalized spacial score (nSPS) is 67.6. The number of fused-ring (bicyclic) bond motifs is 23. The summed E-state index contributed by atoms with van der Waals surface area (Å²) in [4.78, 5) is 12.6. The van der Waals surface area contributed by atoms with Crippen molar-refractivity contribution in [2.24, 2.45) is 94.7 Å². The van der Waals surface area contributed by atoms with Gasteiger partial charge in [-0.3, -0.25) is 4.79 Å². The highest BCUT2D eigenvalue weighted by Gasteiger charge is 2.77. The maximum Gasteiger partial charge on any atom is 0.310 e. The molecule has 28 heavy (non-hydrogen) atoms. The van der Waals surface area contributed by atoms with Crippen LogP contribution in [-0.2, 0) is 9.53 Å². The van der Waals surface area contributed by atoms with Crippen LogP contribution in [0, 0.1) is 106 Å². The van der Waals surface area contributed by atoms with E-state index in [1.165, 1.54) is 26.4 Å². The van der Waals surface area contributed by atoms with Crippen LogP contribution in [0.4, 0.5) is 0 Å². The van der Waals surface area contributed by atoms with Crippen LogP contribution in [-0.4, -0.2) is 13.1 Å². The van der Waals surface area contributed by atoms with Crippen LogP contribution in [0.25, 0.3) is 0 Å². The van der Waals surface area contributed by atoms with E-state index in [4.69, 9.17) is 4.74 Å². The van der Waals surface area contributed by atoms with E-state index in [1.54, 1.807) is 0 Å². The lowest BCUT2D eigenvalue weighted by molar-refractivity contribution is -0.151. The Morgan fingerprint density at radius 1 is 0.786 bits per heavy atom. The summed E-state index contributed by atoms with van der Waals surface area (Å²) < 4.78 is 5.18. The van der Waals surface area contributed by atoms with Crippen LogP contribution in [0.15, 0.2) is 12.2 Å². The summed E-state index contributed by atoms with van der Waals surface area (Å²) in [6.45, 7) is 0. The molecule has 0 amide bonds. The summed E-state index contributed by atoms with van der Waals surface area (Å²) in [6, 6.07) is 2.58. The lowest BCUT2D eigenvalue weighted by Crippen LogP contribution is -2.49. The Morgan fingerprint density at radius 3 is 1.86 bits per heavy atom. The highest BCUT2D eigenvalue weighted by molar-refractivity contribution is 5.74. The minimum atomic E-state index is -0.129. The molecule has 0 heterocycles. The number of hydrogen-bond donors (Lipinski definition) is 0. The number of allylic oxidation sites excluding steroid dienone is 2. The van der Waals surface area contributed by atoms with E-state index in [0.29, 0.717) is 11.8 Å². The minimum Gasteiger partial charge on any atom is -0.469 e. The topological polar surface area (TPSA) is 50.1 Å². The number of nitrogens with zero attached hydrogens (tertiary/aromatic N) is 1. The Balaban J connectivity index is 1.19. The summed E-state index contributed by atoms with van der Waals surface area (Å²) in [5.74, 6) is 11.6. The third-order valence-corrected chi connectivity index (χ3v) is 12.0. The van der Waals surface area contributed by atoms with Crippen LogP contribution in [0.5, 0.6) is 0 Å². The van der Waals surface area contributed by atoms with Crippen molar-refractivity contribution in [3.8, 4) is 6.07 Å². The molecule has 146 valence electrons. The molecule has 0 spiro atoms. The number of esters is 1. The molecule has 8 aliphatic rings. The Morgan fingerprint density at radius 2 is 1.29 bits per heavy atom. The first-order valence-electron chi connectivity index (χ1n) is 11.9. The van der Waals surface area contributed by atoms with Gasteiger partial charge in [-0.15, -0.1) is 0 Å². The van der Waals surface area contributed by atoms with E-state index < -0.39 is 0 Å². The molecule has 0 aromatic rings. The largest absolute Gasteiger partial charge is 0.469 e. The molecule has 3 heteroatoms. The molecule has 0 N–H and O–H groups in total. The second-order valence-electron chi connectivity index (χ2n) is 11.8. The van der Waals surface area contributed by atoms with Gasteiger partial charge in [-0.05, 0) is 109 Å². The van der Waals surface area contributed by atoms with Gasteiger partial charge in [0.25, 0.3) is 0 Å². The third kappa shape index (κ3) is 1.40. The van der Waals surface area contributed by atoms with Crippen LogP contribution >= 0.6 is 0 Å². The van der Waals surface area contributed by atoms with Gasteiger partial charge in [0.2, 0.25) is 0 Å². The summed E-state index contributed by atoms with van der Waals surface area (Å²) in [7, 11) is 1.51. The SMILES string of the molecule is COC(=O)C1C(C#N)C2CC1C1C3CC(C21)C1C2CC(C4C5C=CC(C5)C24)C31. The predicted octanol–water partition coefficient (Wildman–Crippen LogP) is 3.77. The first-order valence-corrected chi connectivity index (χ1v) is 11.9. The lowest BCUT2D eigenvalue weighted by Gasteiger charge is -2.51. The van der Waals surface area contributed by atoms with Crippen molar-refractivity contribution in [2.75, 3.05) is 7.11 Å². The van der Waals surface area contributed by atoms with E-state index in [2.05, 4.69) is 18.2 Å². The molecular weight excluding hydrogens is 346 g/mol. The molecule has 0 saturated heterocycles. The number of ether oxygens (including phenoxy) is 1. The van der Waals surface area contributed by atoms with Crippen LogP contribution in [0.2, 0.25) is 0 Å². The first kappa shape index (κ1) is 15.5. The van der Waals surface area contributed by atoms with Crippen molar-refractivity contribution in [2.45, 2.75) is 25.7 Å². The van der Waals surface area contributed by atoms with E-state index >= 15 is 0 Å². The smallest absolute Gasteiger partial charge is 0.310 e. The quantitative estimate of drug-likeness (QED) is 0.398. The molecule has 7 fully saturated rings. The third-order valence-electron chi connectivity index (χ3n) is 12.0. The Hall–Kier alpha value is -1.30. The fourth-order valence-electron chi connectivity index (χ4n) is 12.1. The standard InChI is InChI=1S/C25H29NO2/c1-28-25(27)24-16-5-11(17(24)8-26)20-14-7-15(23(16)20)22-13-6-12(21(14)22)18-9-2-3-10(4-9)19(13)18/h2-3,9-24H,4-7H2,1H3. The Labute approximate surface area is 166 Å². The van der Waals surface area contributed by atoms with Gasteiger partial charge >= 0.3 is 5.97 Å². The first-order chi connectivity index (χ1) is 13.7. The summed E-state index contributed by atoms with van der Waals surface area (Å²) in [5, 5.41) is 9.91. The van der Waals surface area contributed by atoms with Crippen molar-refractivity contribution in [1.29, 1.82) is 5.26 Å². The number of nitriles is 1. The van der Waals surface area contributed by atoms with Gasteiger partial charge in [0.05, 0.1) is 25.0 Å². The van der Waals surface area contributed by atoms with Crippen LogP contribution in [0.3, 0.4) is 0 Å². The van der Waals surface area contributed by atoms with Crippen molar-refractivity contribution >= 4 is 5.97 Å². The molecule has 0 radical (unpaired) electrons. The molecule has 8 rings (SSSR count). The monoisotopic (exact) mass is 375 g/mol. The van der Waals surface area contributed by atoms with E-state index in [9.17, 15) is 10.1 Å². The van der Waals surface area contributed by atoms with Crippen LogP contribution in [0.1, 0.15) is 25.7 Å². The van der Waals surface area contributed by atoms with Crippen LogP contribution < -0.4 is 0 Å². The summed E-state index contributed by atoms with van der Waals surface area (Å²) in [6.07, 6.45) is 10.7. The lowest BCUT2D eigenvalue weighted by atomic mass is 9.53. The van der Waals surface area contributed by atoms with Crippen molar-refractivity contribution < 1.29 is 9.53 Å². The summed E-state index contributed by atoms with van der Waals surface area (Å²) >= 11 is 0. The molecule has 8 aliphatic carbocycles. The number of rotatable bonds is 1. The number of methoxy groups -OCH3 is 1. The second kappa shape index (κ2) is 4.71. The zero-order valence-corrected chi connectivity index (χ0v) is 16.5.